The molecule has 0 bridgehead atoms. The second-order valence-electron chi connectivity index (χ2n) is 4.36. The quantitative estimate of drug-likeness (QED) is 0.764. The zero-order valence-corrected chi connectivity index (χ0v) is 11.5. The molecule has 1 aromatic carbocycles. The number of hydrogen-bond acceptors (Lipinski definition) is 2. The van der Waals surface area contributed by atoms with E-state index < -0.39 is 11.7 Å². The van der Waals surface area contributed by atoms with E-state index in [0.717, 1.165) is 17.2 Å². The van der Waals surface area contributed by atoms with Crippen molar-refractivity contribution in [1.82, 2.24) is 4.98 Å². The monoisotopic (exact) mass is 301 g/mol. The van der Waals surface area contributed by atoms with E-state index in [1.165, 1.54) is 0 Å². The summed E-state index contributed by atoms with van der Waals surface area (Å²) in [5, 5.41) is -0.182. The summed E-state index contributed by atoms with van der Waals surface area (Å²) in [6.07, 6.45) is -3.78. The normalized spacial score (nSPS) is 11.5. The highest BCUT2D eigenvalue weighted by Crippen LogP contribution is 2.34. The zero-order chi connectivity index (χ0) is 14.9. The molecule has 2 nitrogen and oxygen atoms in total. The number of benzene rings is 1. The van der Waals surface area contributed by atoms with Crippen LogP contribution in [0.2, 0.25) is 5.02 Å². The van der Waals surface area contributed by atoms with Crippen LogP contribution < -0.4 is 4.74 Å². The number of alkyl halides is 3. The first-order valence-electron chi connectivity index (χ1n) is 5.75. The molecule has 0 amide bonds. The maximum absolute atomic E-state index is 12.5. The van der Waals surface area contributed by atoms with E-state index >= 15 is 0 Å². The molecule has 0 saturated heterocycles. The van der Waals surface area contributed by atoms with E-state index in [9.17, 15) is 13.2 Å². The van der Waals surface area contributed by atoms with Gasteiger partial charge in [-0.25, -0.2) is 4.98 Å². The van der Waals surface area contributed by atoms with Crippen LogP contribution in [0.25, 0.3) is 0 Å². The molecule has 2 aromatic rings. The summed E-state index contributed by atoms with van der Waals surface area (Å²) in [5.41, 5.74) is 1.18. The van der Waals surface area contributed by atoms with Gasteiger partial charge in [-0.1, -0.05) is 17.7 Å². The molecule has 0 aliphatic heterocycles. The van der Waals surface area contributed by atoms with Crippen LogP contribution in [0.1, 0.15) is 16.7 Å². The van der Waals surface area contributed by atoms with Crippen LogP contribution in [0.15, 0.2) is 30.5 Å². The van der Waals surface area contributed by atoms with Gasteiger partial charge in [-0.15, -0.1) is 0 Å². The van der Waals surface area contributed by atoms with Crippen LogP contribution in [-0.2, 0) is 6.18 Å². The van der Waals surface area contributed by atoms with Gasteiger partial charge in [0.05, 0.1) is 5.56 Å². The van der Waals surface area contributed by atoms with Crippen molar-refractivity contribution in [1.29, 1.82) is 0 Å². The fourth-order valence-corrected chi connectivity index (χ4v) is 1.75. The lowest BCUT2D eigenvalue weighted by Gasteiger charge is -2.11. The van der Waals surface area contributed by atoms with Crippen LogP contribution >= 0.6 is 11.6 Å². The Morgan fingerprint density at radius 3 is 2.35 bits per heavy atom. The SMILES string of the molecule is Cc1ccc(Oc2ncc(C(F)(F)F)cc2Cl)cc1C. The van der Waals surface area contributed by atoms with Gasteiger partial charge in [0.25, 0.3) is 0 Å². The molecule has 2 rings (SSSR count). The number of hydrogen-bond donors (Lipinski definition) is 0. The molecule has 1 aromatic heterocycles. The van der Waals surface area contributed by atoms with Crippen LogP contribution in [0.3, 0.4) is 0 Å². The molecule has 0 fully saturated rings. The molecule has 0 unspecified atom stereocenters. The largest absolute Gasteiger partial charge is 0.438 e. The first-order chi connectivity index (χ1) is 9.27. The van der Waals surface area contributed by atoms with Crippen molar-refractivity contribution in [2.45, 2.75) is 20.0 Å². The summed E-state index contributed by atoms with van der Waals surface area (Å²) in [5.74, 6) is 0.421. The number of pyridine rings is 1. The Bertz CT molecular complexity index is 641. The summed E-state index contributed by atoms with van der Waals surface area (Å²) >= 11 is 5.77. The molecule has 0 radical (unpaired) electrons. The topological polar surface area (TPSA) is 22.1 Å². The fourth-order valence-electron chi connectivity index (χ4n) is 1.54. The predicted octanol–water partition coefficient (Wildman–Crippen LogP) is 5.16. The first-order valence-corrected chi connectivity index (χ1v) is 6.13. The second-order valence-corrected chi connectivity index (χ2v) is 4.76. The van der Waals surface area contributed by atoms with E-state index in [1.54, 1.807) is 12.1 Å². The zero-order valence-electron chi connectivity index (χ0n) is 10.8. The molecule has 0 N–H and O–H groups in total. The molecule has 6 heteroatoms. The molecule has 1 heterocycles. The first kappa shape index (κ1) is 14.7. The van der Waals surface area contributed by atoms with Gasteiger partial charge in [-0.05, 0) is 43.2 Å². The molecular formula is C14H11ClF3NO. The number of aryl methyl sites for hydroxylation is 2. The average Bonchev–Trinajstić information content (AvgIpc) is 2.35. The Balaban J connectivity index is 2.28. The third-order valence-electron chi connectivity index (χ3n) is 2.83. The highest BCUT2D eigenvalue weighted by atomic mass is 35.5. The van der Waals surface area contributed by atoms with Gasteiger partial charge in [-0.2, -0.15) is 13.2 Å². The number of ether oxygens (including phenoxy) is 1. The standard InChI is InChI=1S/C14H11ClF3NO/c1-8-3-4-11(5-9(8)2)20-13-12(15)6-10(7-19-13)14(16,17)18/h3-7H,1-2H3. The highest BCUT2D eigenvalue weighted by Gasteiger charge is 2.31. The summed E-state index contributed by atoms with van der Waals surface area (Å²) in [7, 11) is 0. The lowest BCUT2D eigenvalue weighted by atomic mass is 10.1. The molecule has 0 atom stereocenters. The molecule has 20 heavy (non-hydrogen) atoms. The van der Waals surface area contributed by atoms with E-state index in [0.29, 0.717) is 11.9 Å². The van der Waals surface area contributed by atoms with Gasteiger partial charge in [-0.3, -0.25) is 0 Å². The van der Waals surface area contributed by atoms with E-state index in [1.807, 2.05) is 19.9 Å². The van der Waals surface area contributed by atoms with Crippen molar-refractivity contribution in [2.24, 2.45) is 0 Å². The fraction of sp³-hybridized carbons (Fsp3) is 0.214. The molecule has 0 saturated carbocycles. The van der Waals surface area contributed by atoms with Crippen molar-refractivity contribution < 1.29 is 17.9 Å². The van der Waals surface area contributed by atoms with E-state index in [2.05, 4.69) is 4.98 Å². The maximum atomic E-state index is 12.5. The molecule has 0 spiro atoms. The smallest absolute Gasteiger partial charge is 0.417 e. The van der Waals surface area contributed by atoms with E-state index in [4.69, 9.17) is 16.3 Å². The van der Waals surface area contributed by atoms with Gasteiger partial charge in [0.1, 0.15) is 10.8 Å². The van der Waals surface area contributed by atoms with Crippen molar-refractivity contribution in [2.75, 3.05) is 0 Å². The summed E-state index contributed by atoms with van der Waals surface area (Å²) in [4.78, 5) is 3.62. The van der Waals surface area contributed by atoms with E-state index in [-0.39, 0.29) is 10.9 Å². The van der Waals surface area contributed by atoms with Crippen molar-refractivity contribution >= 4 is 11.6 Å². The molecule has 0 aliphatic rings. The average molecular weight is 302 g/mol. The number of aromatic nitrogens is 1. The maximum Gasteiger partial charge on any atom is 0.417 e. The highest BCUT2D eigenvalue weighted by molar-refractivity contribution is 6.31. The van der Waals surface area contributed by atoms with Crippen molar-refractivity contribution in [3.63, 3.8) is 0 Å². The lowest BCUT2D eigenvalue weighted by molar-refractivity contribution is -0.137. The summed E-state index contributed by atoms with van der Waals surface area (Å²) < 4.78 is 42.9. The summed E-state index contributed by atoms with van der Waals surface area (Å²) in [6, 6.07) is 6.12. The van der Waals surface area contributed by atoms with Crippen LogP contribution in [-0.4, -0.2) is 4.98 Å². The Labute approximate surface area is 119 Å². The summed E-state index contributed by atoms with van der Waals surface area (Å²) in [6.45, 7) is 3.85. The Morgan fingerprint density at radius 1 is 1.10 bits per heavy atom. The molecular weight excluding hydrogens is 291 g/mol. The third-order valence-corrected chi connectivity index (χ3v) is 3.10. The number of halogens is 4. The van der Waals surface area contributed by atoms with Crippen molar-refractivity contribution in [3.05, 3.63) is 52.2 Å². The van der Waals surface area contributed by atoms with Crippen LogP contribution in [0.5, 0.6) is 11.6 Å². The Hall–Kier alpha value is -1.75. The molecule has 0 aliphatic carbocycles. The van der Waals surface area contributed by atoms with Crippen LogP contribution in [0.4, 0.5) is 13.2 Å². The van der Waals surface area contributed by atoms with Crippen molar-refractivity contribution in [3.8, 4) is 11.6 Å². The molecule has 106 valence electrons. The lowest BCUT2D eigenvalue weighted by Crippen LogP contribution is -2.05. The number of rotatable bonds is 2. The number of nitrogens with zero attached hydrogens (tertiary/aromatic N) is 1. The minimum Gasteiger partial charge on any atom is -0.438 e. The second kappa shape index (κ2) is 5.32. The minimum atomic E-state index is -4.48. The van der Waals surface area contributed by atoms with Gasteiger partial charge in [0.2, 0.25) is 5.88 Å². The Kier molecular flexibility index (Phi) is 3.90. The third kappa shape index (κ3) is 3.22. The predicted molar refractivity (Wildman–Crippen MR) is 70.2 cm³/mol. The van der Waals surface area contributed by atoms with Gasteiger partial charge in [0.15, 0.2) is 0 Å². The van der Waals surface area contributed by atoms with Gasteiger partial charge >= 0.3 is 6.18 Å². The van der Waals surface area contributed by atoms with Crippen LogP contribution in [0, 0.1) is 13.8 Å². The van der Waals surface area contributed by atoms with Gasteiger partial charge in [0, 0.05) is 6.20 Å². The minimum absolute atomic E-state index is 0.0529. The Morgan fingerprint density at radius 2 is 1.80 bits per heavy atom. The van der Waals surface area contributed by atoms with Gasteiger partial charge < -0.3 is 4.74 Å².